The van der Waals surface area contributed by atoms with E-state index in [9.17, 15) is 17.6 Å². The van der Waals surface area contributed by atoms with Crippen LogP contribution < -0.4 is 5.32 Å². The molecule has 4 aromatic rings. The normalized spacial score (nSPS) is 11.5. The van der Waals surface area contributed by atoms with Gasteiger partial charge in [-0.25, -0.2) is 12.8 Å². The van der Waals surface area contributed by atoms with E-state index >= 15 is 0 Å². The Kier molecular flexibility index (Phi) is 5.09. The number of aromatic amines is 1. The Hall–Kier alpha value is -3.52. The predicted molar refractivity (Wildman–Crippen MR) is 110 cm³/mol. The van der Waals surface area contributed by atoms with Gasteiger partial charge in [0.2, 0.25) is 9.84 Å². The first-order chi connectivity index (χ1) is 14.4. The average molecular weight is 423 g/mol. The molecular weight excluding hydrogens is 405 g/mol. The van der Waals surface area contributed by atoms with Crippen molar-refractivity contribution in [3.05, 3.63) is 89.6 Å². The summed E-state index contributed by atoms with van der Waals surface area (Å²) in [5, 5.41) is 3.63. The molecule has 0 fully saturated rings. The SMILES string of the molecule is Cc1c(F)cccc1S(=O)(=O)c1ccc(CNC(=O)c2cc3cnccc3[nH]2)cc1. The summed E-state index contributed by atoms with van der Waals surface area (Å²) in [5.74, 6) is -0.846. The molecule has 152 valence electrons. The molecule has 0 spiro atoms. The molecule has 0 aliphatic heterocycles. The summed E-state index contributed by atoms with van der Waals surface area (Å²) in [5.41, 5.74) is 2.05. The first-order valence-electron chi connectivity index (χ1n) is 9.16. The van der Waals surface area contributed by atoms with E-state index in [1.807, 2.05) is 0 Å². The van der Waals surface area contributed by atoms with Crippen molar-refractivity contribution in [2.75, 3.05) is 0 Å². The third kappa shape index (κ3) is 3.69. The average Bonchev–Trinajstić information content (AvgIpc) is 3.18. The van der Waals surface area contributed by atoms with Crippen LogP contribution in [0.5, 0.6) is 0 Å². The second-order valence-electron chi connectivity index (χ2n) is 6.84. The van der Waals surface area contributed by atoms with E-state index in [1.54, 1.807) is 36.7 Å². The van der Waals surface area contributed by atoms with Crippen LogP contribution in [0.1, 0.15) is 21.6 Å². The fourth-order valence-electron chi connectivity index (χ4n) is 3.16. The van der Waals surface area contributed by atoms with Crippen LogP contribution in [0.3, 0.4) is 0 Å². The van der Waals surface area contributed by atoms with Crippen LogP contribution >= 0.6 is 0 Å². The summed E-state index contributed by atoms with van der Waals surface area (Å²) in [6, 6.07) is 13.6. The van der Waals surface area contributed by atoms with Gasteiger partial charge in [-0.15, -0.1) is 0 Å². The number of H-pyrrole nitrogens is 1. The highest BCUT2D eigenvalue weighted by molar-refractivity contribution is 7.91. The van der Waals surface area contributed by atoms with Gasteiger partial charge in [-0.05, 0) is 48.9 Å². The monoisotopic (exact) mass is 423 g/mol. The first-order valence-corrected chi connectivity index (χ1v) is 10.6. The van der Waals surface area contributed by atoms with E-state index in [4.69, 9.17) is 0 Å². The molecule has 8 heteroatoms. The Morgan fingerprint density at radius 2 is 1.90 bits per heavy atom. The van der Waals surface area contributed by atoms with Crippen LogP contribution in [0.2, 0.25) is 0 Å². The van der Waals surface area contributed by atoms with Crippen molar-refractivity contribution in [3.63, 3.8) is 0 Å². The number of hydrogen-bond donors (Lipinski definition) is 2. The summed E-state index contributed by atoms with van der Waals surface area (Å²) < 4.78 is 39.4. The molecule has 2 N–H and O–H groups in total. The number of benzene rings is 2. The molecule has 1 amide bonds. The predicted octanol–water partition coefficient (Wildman–Crippen LogP) is 3.77. The highest BCUT2D eigenvalue weighted by Gasteiger charge is 2.21. The Morgan fingerprint density at radius 1 is 1.13 bits per heavy atom. The van der Waals surface area contributed by atoms with Crippen molar-refractivity contribution in [1.82, 2.24) is 15.3 Å². The van der Waals surface area contributed by atoms with E-state index in [1.165, 1.54) is 37.3 Å². The number of aromatic nitrogens is 2. The van der Waals surface area contributed by atoms with Crippen molar-refractivity contribution in [3.8, 4) is 0 Å². The molecule has 0 aliphatic rings. The lowest BCUT2D eigenvalue weighted by atomic mass is 10.2. The van der Waals surface area contributed by atoms with E-state index < -0.39 is 15.7 Å². The topological polar surface area (TPSA) is 91.9 Å². The number of carbonyl (C=O) groups is 1. The van der Waals surface area contributed by atoms with Crippen molar-refractivity contribution in [2.24, 2.45) is 0 Å². The molecule has 0 saturated heterocycles. The minimum atomic E-state index is -3.84. The fourth-order valence-corrected chi connectivity index (χ4v) is 4.67. The maximum absolute atomic E-state index is 13.8. The summed E-state index contributed by atoms with van der Waals surface area (Å²) in [6.45, 7) is 1.66. The van der Waals surface area contributed by atoms with Gasteiger partial charge in [0.05, 0.1) is 9.79 Å². The number of halogens is 1. The number of nitrogens with zero attached hydrogens (tertiary/aromatic N) is 1. The lowest BCUT2D eigenvalue weighted by Crippen LogP contribution is -2.23. The van der Waals surface area contributed by atoms with Gasteiger partial charge < -0.3 is 10.3 Å². The van der Waals surface area contributed by atoms with Gasteiger partial charge in [0.1, 0.15) is 11.5 Å². The zero-order chi connectivity index (χ0) is 21.3. The maximum atomic E-state index is 13.8. The maximum Gasteiger partial charge on any atom is 0.267 e. The van der Waals surface area contributed by atoms with E-state index in [0.29, 0.717) is 5.69 Å². The third-order valence-corrected chi connectivity index (χ3v) is 6.77. The van der Waals surface area contributed by atoms with Gasteiger partial charge >= 0.3 is 0 Å². The minimum Gasteiger partial charge on any atom is -0.350 e. The highest BCUT2D eigenvalue weighted by Crippen LogP contribution is 2.25. The number of rotatable bonds is 5. The van der Waals surface area contributed by atoms with Crippen molar-refractivity contribution in [2.45, 2.75) is 23.3 Å². The molecule has 2 heterocycles. The summed E-state index contributed by atoms with van der Waals surface area (Å²) >= 11 is 0. The van der Waals surface area contributed by atoms with Crippen LogP contribution in [0.25, 0.3) is 10.9 Å². The Bertz CT molecular complexity index is 1310. The van der Waals surface area contributed by atoms with Gasteiger partial charge in [0.25, 0.3) is 5.91 Å². The molecule has 0 saturated carbocycles. The van der Waals surface area contributed by atoms with Crippen LogP contribution in [0.4, 0.5) is 4.39 Å². The lowest BCUT2D eigenvalue weighted by Gasteiger charge is -2.09. The van der Waals surface area contributed by atoms with Gasteiger partial charge in [-0.3, -0.25) is 9.78 Å². The number of fused-ring (bicyclic) bond motifs is 1. The van der Waals surface area contributed by atoms with Gasteiger partial charge in [-0.2, -0.15) is 0 Å². The van der Waals surface area contributed by atoms with Crippen molar-refractivity contribution < 1.29 is 17.6 Å². The molecule has 30 heavy (non-hydrogen) atoms. The lowest BCUT2D eigenvalue weighted by molar-refractivity contribution is 0.0946. The molecule has 0 unspecified atom stereocenters. The van der Waals surface area contributed by atoms with E-state index in [-0.39, 0.29) is 27.8 Å². The number of sulfone groups is 1. The molecule has 6 nitrogen and oxygen atoms in total. The zero-order valence-corrected chi connectivity index (χ0v) is 16.8. The highest BCUT2D eigenvalue weighted by atomic mass is 32.2. The zero-order valence-electron chi connectivity index (χ0n) is 16.0. The molecular formula is C22H18FN3O3S. The molecule has 2 aromatic heterocycles. The second kappa shape index (κ2) is 7.72. The Balaban J connectivity index is 1.48. The molecule has 4 rings (SSSR count). The second-order valence-corrected chi connectivity index (χ2v) is 8.76. The van der Waals surface area contributed by atoms with Crippen molar-refractivity contribution in [1.29, 1.82) is 0 Å². The van der Waals surface area contributed by atoms with Crippen LogP contribution in [0, 0.1) is 12.7 Å². The number of pyridine rings is 1. The van der Waals surface area contributed by atoms with Crippen LogP contribution in [-0.4, -0.2) is 24.3 Å². The van der Waals surface area contributed by atoms with Crippen LogP contribution in [-0.2, 0) is 16.4 Å². The number of nitrogens with one attached hydrogen (secondary N) is 2. The first kappa shape index (κ1) is 19.8. The third-order valence-electron chi connectivity index (χ3n) is 4.86. The Morgan fingerprint density at radius 3 is 2.63 bits per heavy atom. The standard InChI is InChI=1S/C22H18FN3O3S/c1-14-18(23)3-2-4-21(14)30(28,29)17-7-5-15(6-8-17)12-25-22(27)20-11-16-13-24-10-9-19(16)26-20/h2-11,13,26H,12H2,1H3,(H,25,27). The molecule has 0 aliphatic carbocycles. The van der Waals surface area contributed by atoms with E-state index in [0.717, 1.165) is 16.5 Å². The number of hydrogen-bond acceptors (Lipinski definition) is 4. The van der Waals surface area contributed by atoms with Gasteiger partial charge in [0.15, 0.2) is 0 Å². The number of amides is 1. The summed E-state index contributed by atoms with van der Waals surface area (Å²) in [6.07, 6.45) is 3.31. The van der Waals surface area contributed by atoms with Gasteiger partial charge in [0, 0.05) is 35.4 Å². The van der Waals surface area contributed by atoms with Crippen molar-refractivity contribution >= 4 is 26.6 Å². The number of carbonyl (C=O) groups excluding carboxylic acids is 1. The Labute approximate surface area is 172 Å². The minimum absolute atomic E-state index is 0.0585. The molecule has 0 atom stereocenters. The largest absolute Gasteiger partial charge is 0.350 e. The molecule has 0 bridgehead atoms. The molecule has 2 aromatic carbocycles. The fraction of sp³-hybridized carbons (Fsp3) is 0.0909. The van der Waals surface area contributed by atoms with E-state index in [2.05, 4.69) is 15.3 Å². The molecule has 0 radical (unpaired) electrons. The summed E-state index contributed by atoms with van der Waals surface area (Å²) in [4.78, 5) is 19.4. The summed E-state index contributed by atoms with van der Waals surface area (Å²) in [7, 11) is -3.84. The quantitative estimate of drug-likeness (QED) is 0.511. The van der Waals surface area contributed by atoms with Gasteiger partial charge in [-0.1, -0.05) is 18.2 Å². The smallest absolute Gasteiger partial charge is 0.267 e. The van der Waals surface area contributed by atoms with Crippen LogP contribution in [0.15, 0.2) is 76.8 Å².